The van der Waals surface area contributed by atoms with Crippen molar-refractivity contribution in [3.05, 3.63) is 28.8 Å². The van der Waals surface area contributed by atoms with Gasteiger partial charge in [0.15, 0.2) is 6.61 Å². The van der Waals surface area contributed by atoms with Crippen LogP contribution in [0.1, 0.15) is 47.7 Å². The highest BCUT2D eigenvalue weighted by molar-refractivity contribution is 5.95. The van der Waals surface area contributed by atoms with Crippen molar-refractivity contribution in [1.29, 1.82) is 0 Å². The average molecular weight is 410 g/mol. The zero-order chi connectivity index (χ0) is 19.4. The van der Waals surface area contributed by atoms with Crippen molar-refractivity contribution in [3.63, 3.8) is 0 Å². The van der Waals surface area contributed by atoms with E-state index in [9.17, 15) is 9.59 Å². The number of rotatable bonds is 4. The molecule has 0 aliphatic carbocycles. The minimum absolute atomic E-state index is 0. The maximum absolute atomic E-state index is 12.9. The summed E-state index contributed by atoms with van der Waals surface area (Å²) in [6.07, 6.45) is 3.35. The Morgan fingerprint density at radius 3 is 2.36 bits per heavy atom. The highest BCUT2D eigenvalue weighted by Crippen LogP contribution is 2.26. The molecular formula is C21H32ClN3O3. The number of hydrogen-bond acceptors (Lipinski definition) is 4. The fourth-order valence-corrected chi connectivity index (χ4v) is 3.98. The predicted molar refractivity (Wildman–Crippen MR) is 112 cm³/mol. The Morgan fingerprint density at radius 2 is 1.75 bits per heavy atom. The lowest BCUT2D eigenvalue weighted by molar-refractivity contribution is -0.134. The Balaban J connectivity index is 0.00000280. The van der Waals surface area contributed by atoms with Gasteiger partial charge >= 0.3 is 0 Å². The van der Waals surface area contributed by atoms with Crippen LogP contribution in [0.4, 0.5) is 0 Å². The van der Waals surface area contributed by atoms with Crippen LogP contribution in [0.25, 0.3) is 0 Å². The number of piperazine rings is 1. The smallest absolute Gasteiger partial charge is 0.260 e. The van der Waals surface area contributed by atoms with Gasteiger partial charge in [0.2, 0.25) is 0 Å². The van der Waals surface area contributed by atoms with Gasteiger partial charge in [-0.05, 0) is 63.3 Å². The molecule has 6 nitrogen and oxygen atoms in total. The molecule has 1 aromatic rings. The lowest BCUT2D eigenvalue weighted by atomic mass is 10.0. The number of amides is 2. The molecule has 0 unspecified atom stereocenters. The van der Waals surface area contributed by atoms with Gasteiger partial charge in [-0.3, -0.25) is 9.59 Å². The molecule has 1 N–H and O–H groups in total. The molecule has 0 aromatic heterocycles. The summed E-state index contributed by atoms with van der Waals surface area (Å²) in [5.41, 5.74) is 2.48. The number of piperidine rings is 1. The van der Waals surface area contributed by atoms with Crippen LogP contribution < -0.4 is 10.1 Å². The number of nitrogens with one attached hydrogen (secondary N) is 1. The normalized spacial score (nSPS) is 19.8. The van der Waals surface area contributed by atoms with E-state index in [2.05, 4.69) is 12.2 Å². The fraction of sp³-hybridized carbons (Fsp3) is 0.619. The molecule has 28 heavy (non-hydrogen) atoms. The molecule has 2 aliphatic rings. The number of carbonyl (C=O) groups excluding carboxylic acids is 2. The van der Waals surface area contributed by atoms with Crippen molar-refractivity contribution in [2.24, 2.45) is 0 Å². The first-order chi connectivity index (χ1) is 13.0. The minimum atomic E-state index is 0. The molecule has 0 bridgehead atoms. The molecule has 0 spiro atoms. The highest BCUT2D eigenvalue weighted by atomic mass is 35.5. The monoisotopic (exact) mass is 409 g/mol. The molecule has 7 heteroatoms. The van der Waals surface area contributed by atoms with Crippen LogP contribution in [-0.2, 0) is 4.79 Å². The summed E-state index contributed by atoms with van der Waals surface area (Å²) in [4.78, 5) is 29.0. The van der Waals surface area contributed by atoms with Gasteiger partial charge in [-0.15, -0.1) is 12.4 Å². The molecule has 0 radical (unpaired) electrons. The average Bonchev–Trinajstić information content (AvgIpc) is 2.67. The summed E-state index contributed by atoms with van der Waals surface area (Å²) < 4.78 is 5.86. The molecule has 0 saturated carbocycles. The topological polar surface area (TPSA) is 61.9 Å². The van der Waals surface area contributed by atoms with E-state index in [4.69, 9.17) is 4.74 Å². The second-order valence-corrected chi connectivity index (χ2v) is 7.72. The summed E-state index contributed by atoms with van der Waals surface area (Å²) in [5.74, 6) is 0.819. The lowest BCUT2D eigenvalue weighted by Crippen LogP contribution is -2.52. The summed E-state index contributed by atoms with van der Waals surface area (Å²) in [6, 6.07) is 3.94. The summed E-state index contributed by atoms with van der Waals surface area (Å²) in [6.45, 7) is 10.0. The van der Waals surface area contributed by atoms with Crippen LogP contribution in [0, 0.1) is 13.8 Å². The van der Waals surface area contributed by atoms with Crippen LogP contribution in [0.3, 0.4) is 0 Å². The quantitative estimate of drug-likeness (QED) is 0.830. The van der Waals surface area contributed by atoms with E-state index in [0.717, 1.165) is 56.7 Å². The van der Waals surface area contributed by atoms with Gasteiger partial charge in [0.05, 0.1) is 0 Å². The van der Waals surface area contributed by atoms with Crippen molar-refractivity contribution < 1.29 is 14.3 Å². The van der Waals surface area contributed by atoms with Gasteiger partial charge < -0.3 is 19.9 Å². The first-order valence-electron chi connectivity index (χ1n) is 10.0. The van der Waals surface area contributed by atoms with Crippen molar-refractivity contribution in [2.45, 2.75) is 46.1 Å². The number of likely N-dealkylation sites (tertiary alicyclic amines) is 1. The predicted octanol–water partition coefficient (Wildman–Crippen LogP) is 2.55. The van der Waals surface area contributed by atoms with Crippen LogP contribution in [0.5, 0.6) is 5.75 Å². The summed E-state index contributed by atoms with van der Waals surface area (Å²) in [5, 5.41) is 3.31. The van der Waals surface area contributed by atoms with E-state index in [1.54, 1.807) is 0 Å². The Kier molecular flexibility index (Phi) is 8.13. The number of halogens is 1. The van der Waals surface area contributed by atoms with E-state index in [1.165, 1.54) is 6.42 Å². The van der Waals surface area contributed by atoms with Gasteiger partial charge in [0, 0.05) is 44.3 Å². The first-order valence-corrected chi connectivity index (χ1v) is 10.0. The van der Waals surface area contributed by atoms with Gasteiger partial charge in [-0.1, -0.05) is 0 Å². The van der Waals surface area contributed by atoms with Gasteiger partial charge in [-0.2, -0.15) is 0 Å². The van der Waals surface area contributed by atoms with E-state index < -0.39 is 0 Å². The van der Waals surface area contributed by atoms with Gasteiger partial charge in [-0.25, -0.2) is 0 Å². The Labute approximate surface area is 174 Å². The molecule has 1 aromatic carbocycles. The van der Waals surface area contributed by atoms with Crippen LogP contribution in [-0.4, -0.2) is 67.0 Å². The Bertz CT molecular complexity index is 681. The van der Waals surface area contributed by atoms with Crippen LogP contribution >= 0.6 is 12.4 Å². The summed E-state index contributed by atoms with van der Waals surface area (Å²) >= 11 is 0. The maximum Gasteiger partial charge on any atom is 0.260 e. The zero-order valence-corrected chi connectivity index (χ0v) is 17.9. The third-order valence-corrected chi connectivity index (χ3v) is 5.52. The molecule has 2 saturated heterocycles. The van der Waals surface area contributed by atoms with Crippen molar-refractivity contribution in [3.8, 4) is 5.75 Å². The number of ether oxygens (including phenoxy) is 1. The minimum Gasteiger partial charge on any atom is -0.483 e. The van der Waals surface area contributed by atoms with Crippen molar-refractivity contribution in [2.75, 3.05) is 39.3 Å². The standard InChI is InChI=1S/C21H31N3O3.ClH/c1-15-11-18(21(26)24-10-7-22-13-17(24)3)12-16(2)20(15)27-14-19(25)23-8-5-4-6-9-23;/h11-12,17,22H,4-10,13-14H2,1-3H3;1H/t17-;/m0./s1. The number of aryl methyl sites for hydroxylation is 2. The maximum atomic E-state index is 12.9. The SMILES string of the molecule is Cc1cc(C(=O)N2CCNC[C@@H]2C)cc(C)c1OCC(=O)N1CCCCC1.Cl. The van der Waals surface area contributed by atoms with Crippen LogP contribution in [0.2, 0.25) is 0 Å². The first kappa shape index (κ1) is 22.5. The molecule has 2 aliphatic heterocycles. The number of benzene rings is 1. The third-order valence-electron chi connectivity index (χ3n) is 5.52. The van der Waals surface area contributed by atoms with E-state index >= 15 is 0 Å². The van der Waals surface area contributed by atoms with E-state index in [-0.39, 0.29) is 36.9 Å². The molecule has 156 valence electrons. The summed E-state index contributed by atoms with van der Waals surface area (Å²) in [7, 11) is 0. The number of nitrogens with zero attached hydrogens (tertiary/aromatic N) is 2. The van der Waals surface area contributed by atoms with E-state index in [0.29, 0.717) is 11.3 Å². The second-order valence-electron chi connectivity index (χ2n) is 7.72. The van der Waals surface area contributed by atoms with Gasteiger partial charge in [0.1, 0.15) is 5.75 Å². The largest absolute Gasteiger partial charge is 0.483 e. The molecule has 1 atom stereocenters. The Hall–Kier alpha value is -1.79. The Morgan fingerprint density at radius 1 is 1.11 bits per heavy atom. The molecular weight excluding hydrogens is 378 g/mol. The highest BCUT2D eigenvalue weighted by Gasteiger charge is 2.25. The van der Waals surface area contributed by atoms with Crippen molar-refractivity contribution in [1.82, 2.24) is 15.1 Å². The van der Waals surface area contributed by atoms with E-state index in [1.807, 2.05) is 35.8 Å². The lowest BCUT2D eigenvalue weighted by Gasteiger charge is -2.34. The fourth-order valence-electron chi connectivity index (χ4n) is 3.98. The molecule has 3 rings (SSSR count). The second kappa shape index (κ2) is 10.1. The molecule has 2 heterocycles. The van der Waals surface area contributed by atoms with Gasteiger partial charge in [0.25, 0.3) is 11.8 Å². The number of carbonyl (C=O) groups is 2. The molecule has 2 amide bonds. The zero-order valence-electron chi connectivity index (χ0n) is 17.1. The molecule has 2 fully saturated rings. The third kappa shape index (κ3) is 5.17. The van der Waals surface area contributed by atoms with Crippen molar-refractivity contribution >= 4 is 24.2 Å². The number of hydrogen-bond donors (Lipinski definition) is 1. The van der Waals surface area contributed by atoms with Crippen LogP contribution in [0.15, 0.2) is 12.1 Å².